The number of aliphatic imine (C=N–C) groups is 1. The fraction of sp³-hybridized carbons (Fsp3) is 0.500. The van der Waals surface area contributed by atoms with Gasteiger partial charge >= 0.3 is 0 Å². The Bertz CT molecular complexity index is 579. The summed E-state index contributed by atoms with van der Waals surface area (Å²) >= 11 is 1.57. The molecule has 1 atom stereocenters. The van der Waals surface area contributed by atoms with Crippen molar-refractivity contribution >= 4 is 28.5 Å². The molecule has 1 aliphatic rings. The maximum Gasteiger partial charge on any atom is 0.250 e. The zero-order valence-corrected chi connectivity index (χ0v) is 14.3. The lowest BCUT2D eigenvalue weighted by Gasteiger charge is -2.30. The van der Waals surface area contributed by atoms with Gasteiger partial charge in [0.2, 0.25) is 5.91 Å². The van der Waals surface area contributed by atoms with Crippen LogP contribution in [-0.2, 0) is 19.8 Å². The van der Waals surface area contributed by atoms with Crippen molar-refractivity contribution in [1.82, 2.24) is 0 Å². The van der Waals surface area contributed by atoms with Crippen molar-refractivity contribution in [2.24, 2.45) is 10.7 Å². The van der Waals surface area contributed by atoms with Gasteiger partial charge in [-0.1, -0.05) is 23.9 Å². The number of nitrogens with two attached hydrogens (primary N) is 1. The van der Waals surface area contributed by atoms with Crippen LogP contribution >= 0.6 is 11.8 Å². The molecule has 6 nitrogen and oxygen atoms in total. The van der Waals surface area contributed by atoms with Crippen LogP contribution in [0.1, 0.15) is 18.9 Å². The van der Waals surface area contributed by atoms with E-state index in [2.05, 4.69) is 17.2 Å². The number of carbonyl (C=O) groups is 1. The van der Waals surface area contributed by atoms with Gasteiger partial charge in [0.25, 0.3) is 0 Å². The fourth-order valence-corrected chi connectivity index (χ4v) is 3.31. The van der Waals surface area contributed by atoms with Crippen LogP contribution in [0.2, 0.25) is 0 Å². The summed E-state index contributed by atoms with van der Waals surface area (Å²) in [6.07, 6.45) is 0.913. The molecule has 0 saturated carbocycles. The molecular weight excluding hydrogens is 314 g/mol. The zero-order valence-electron chi connectivity index (χ0n) is 13.5. The van der Waals surface area contributed by atoms with Crippen molar-refractivity contribution in [3.05, 3.63) is 29.8 Å². The zero-order chi connectivity index (χ0) is 16.7. The maximum absolute atomic E-state index is 11.9. The summed E-state index contributed by atoms with van der Waals surface area (Å²) in [6.45, 7) is 2.94. The third-order valence-electron chi connectivity index (χ3n) is 3.63. The first-order valence-corrected chi connectivity index (χ1v) is 8.47. The predicted molar refractivity (Wildman–Crippen MR) is 93.8 cm³/mol. The molecule has 2 rings (SSSR count). The molecule has 1 amide bonds. The van der Waals surface area contributed by atoms with Crippen molar-refractivity contribution in [3.8, 4) is 0 Å². The van der Waals surface area contributed by atoms with Gasteiger partial charge in [0, 0.05) is 18.6 Å². The number of carbonyl (C=O) groups excluding carboxylic acids is 1. The van der Waals surface area contributed by atoms with Crippen molar-refractivity contribution in [2.45, 2.75) is 18.9 Å². The number of hydrogen-bond donors (Lipinski definition) is 2. The lowest BCUT2D eigenvalue weighted by Crippen LogP contribution is -2.29. The Hall–Kier alpha value is -1.57. The monoisotopic (exact) mass is 337 g/mol. The number of methoxy groups -OCH3 is 1. The number of ether oxygens (including phenoxy) is 2. The Balaban J connectivity index is 2.00. The minimum absolute atomic E-state index is 0.00654. The van der Waals surface area contributed by atoms with E-state index in [1.807, 2.05) is 24.3 Å². The molecule has 0 saturated heterocycles. The second kappa shape index (κ2) is 8.33. The lowest BCUT2D eigenvalue weighted by molar-refractivity contribution is -0.121. The number of amides is 1. The van der Waals surface area contributed by atoms with Crippen LogP contribution in [0, 0.1) is 0 Å². The molecule has 1 unspecified atom stereocenters. The molecule has 0 bridgehead atoms. The number of nitrogens with one attached hydrogen (secondary N) is 1. The van der Waals surface area contributed by atoms with E-state index < -0.39 is 0 Å². The van der Waals surface area contributed by atoms with E-state index in [4.69, 9.17) is 15.2 Å². The predicted octanol–water partition coefficient (Wildman–Crippen LogP) is 1.95. The van der Waals surface area contributed by atoms with Gasteiger partial charge < -0.3 is 20.5 Å². The molecule has 1 aliphatic heterocycles. The molecule has 0 aliphatic carbocycles. The SMILES string of the molecule is COCCOCC(=O)Nc1cccc(C2(C)CCSC(N)=N2)c1. The standard InChI is InChI=1S/C16H23N3O3S/c1-16(6-9-23-15(17)19-16)12-4-3-5-13(10-12)18-14(20)11-22-8-7-21-2/h3-5,10H,6-9,11H2,1-2H3,(H2,17,19)(H,18,20). The van der Waals surface area contributed by atoms with E-state index in [1.54, 1.807) is 18.9 Å². The van der Waals surface area contributed by atoms with Crippen LogP contribution in [0.15, 0.2) is 29.3 Å². The Morgan fingerprint density at radius 2 is 2.30 bits per heavy atom. The first-order valence-electron chi connectivity index (χ1n) is 7.49. The second-order valence-electron chi connectivity index (χ2n) is 5.50. The molecule has 1 aromatic carbocycles. The van der Waals surface area contributed by atoms with E-state index in [0.717, 1.165) is 23.4 Å². The normalized spacial score (nSPS) is 20.9. The van der Waals surface area contributed by atoms with Gasteiger partial charge in [-0.3, -0.25) is 9.79 Å². The van der Waals surface area contributed by atoms with Gasteiger partial charge in [-0.05, 0) is 31.0 Å². The second-order valence-corrected chi connectivity index (χ2v) is 6.61. The Morgan fingerprint density at radius 1 is 1.48 bits per heavy atom. The van der Waals surface area contributed by atoms with Crippen molar-refractivity contribution in [1.29, 1.82) is 0 Å². The fourth-order valence-electron chi connectivity index (χ4n) is 2.33. The van der Waals surface area contributed by atoms with Gasteiger partial charge in [-0.25, -0.2) is 0 Å². The summed E-state index contributed by atoms with van der Waals surface area (Å²) in [4.78, 5) is 16.4. The molecule has 1 heterocycles. The third kappa shape index (κ3) is 5.23. The average molecular weight is 337 g/mol. The van der Waals surface area contributed by atoms with Crippen LogP contribution in [-0.4, -0.2) is 43.8 Å². The Morgan fingerprint density at radius 3 is 3.04 bits per heavy atom. The average Bonchev–Trinajstić information content (AvgIpc) is 2.52. The summed E-state index contributed by atoms with van der Waals surface area (Å²) in [5.41, 5.74) is 7.29. The highest BCUT2D eigenvalue weighted by molar-refractivity contribution is 8.13. The van der Waals surface area contributed by atoms with Crippen LogP contribution in [0.25, 0.3) is 0 Å². The molecular formula is C16H23N3O3S. The molecule has 3 N–H and O–H groups in total. The first-order chi connectivity index (χ1) is 11.0. The molecule has 7 heteroatoms. The largest absolute Gasteiger partial charge is 0.382 e. The smallest absolute Gasteiger partial charge is 0.250 e. The van der Waals surface area contributed by atoms with Gasteiger partial charge in [-0.15, -0.1) is 0 Å². The topological polar surface area (TPSA) is 85.9 Å². The number of nitrogens with zero attached hydrogens (tertiary/aromatic N) is 1. The Kier molecular flexibility index (Phi) is 6.44. The number of rotatable bonds is 7. The van der Waals surface area contributed by atoms with Gasteiger partial charge in [0.15, 0.2) is 5.17 Å². The summed E-state index contributed by atoms with van der Waals surface area (Å²) in [5.74, 6) is 0.751. The molecule has 0 spiro atoms. The molecule has 23 heavy (non-hydrogen) atoms. The number of thioether (sulfide) groups is 1. The van der Waals surface area contributed by atoms with E-state index >= 15 is 0 Å². The number of amidine groups is 1. The molecule has 126 valence electrons. The van der Waals surface area contributed by atoms with Crippen LogP contribution in [0.3, 0.4) is 0 Å². The van der Waals surface area contributed by atoms with Crippen LogP contribution in [0.5, 0.6) is 0 Å². The van der Waals surface area contributed by atoms with Crippen LogP contribution in [0.4, 0.5) is 5.69 Å². The molecule has 1 aromatic rings. The van der Waals surface area contributed by atoms with Crippen molar-refractivity contribution in [3.63, 3.8) is 0 Å². The molecule has 0 radical (unpaired) electrons. The highest BCUT2D eigenvalue weighted by atomic mass is 32.2. The molecule has 0 fully saturated rings. The quantitative estimate of drug-likeness (QED) is 0.743. The van der Waals surface area contributed by atoms with Gasteiger partial charge in [-0.2, -0.15) is 0 Å². The maximum atomic E-state index is 11.9. The van der Waals surface area contributed by atoms with Crippen LogP contribution < -0.4 is 11.1 Å². The Labute approximate surface area is 140 Å². The van der Waals surface area contributed by atoms with E-state index in [-0.39, 0.29) is 18.1 Å². The number of anilines is 1. The third-order valence-corrected chi connectivity index (χ3v) is 4.42. The number of benzene rings is 1. The highest BCUT2D eigenvalue weighted by Crippen LogP contribution is 2.35. The lowest BCUT2D eigenvalue weighted by atomic mass is 9.89. The minimum Gasteiger partial charge on any atom is -0.382 e. The van der Waals surface area contributed by atoms with Gasteiger partial charge in [0.05, 0.1) is 18.8 Å². The first kappa shape index (κ1) is 17.8. The summed E-state index contributed by atoms with van der Waals surface area (Å²) in [5, 5.41) is 3.45. The summed E-state index contributed by atoms with van der Waals surface area (Å²) < 4.78 is 10.1. The van der Waals surface area contributed by atoms with Crippen molar-refractivity contribution in [2.75, 3.05) is 38.0 Å². The van der Waals surface area contributed by atoms with E-state index in [1.165, 1.54) is 0 Å². The number of hydrogen-bond acceptors (Lipinski definition) is 6. The highest BCUT2D eigenvalue weighted by Gasteiger charge is 2.29. The summed E-state index contributed by atoms with van der Waals surface area (Å²) in [6, 6.07) is 7.72. The van der Waals surface area contributed by atoms with E-state index in [0.29, 0.717) is 18.4 Å². The van der Waals surface area contributed by atoms with E-state index in [9.17, 15) is 4.79 Å². The minimum atomic E-state index is -0.342. The van der Waals surface area contributed by atoms with Gasteiger partial charge in [0.1, 0.15) is 6.61 Å². The van der Waals surface area contributed by atoms with Crippen molar-refractivity contribution < 1.29 is 14.3 Å². The summed E-state index contributed by atoms with van der Waals surface area (Å²) in [7, 11) is 1.59. The molecule has 0 aromatic heterocycles.